The Morgan fingerprint density at radius 1 is 0.852 bits per heavy atom. The molecule has 1 saturated carbocycles. The van der Waals surface area contributed by atoms with Gasteiger partial charge in [-0.15, -0.1) is 0 Å². The maximum atomic E-state index is 12.7. The Bertz CT molecular complexity index is 844. The molecular formula is C20H22N2O5. The molecule has 2 aromatic rings. The highest BCUT2D eigenvalue weighted by Gasteiger charge is 2.23. The van der Waals surface area contributed by atoms with Crippen LogP contribution in [0.2, 0.25) is 0 Å². The van der Waals surface area contributed by atoms with Gasteiger partial charge in [-0.1, -0.05) is 0 Å². The summed E-state index contributed by atoms with van der Waals surface area (Å²) in [6.45, 7) is 0. The molecule has 0 aromatic heterocycles. The monoisotopic (exact) mass is 370 g/mol. The zero-order valence-corrected chi connectivity index (χ0v) is 15.5. The summed E-state index contributed by atoms with van der Waals surface area (Å²) >= 11 is 0. The van der Waals surface area contributed by atoms with Crippen molar-refractivity contribution in [3.8, 4) is 17.2 Å². The van der Waals surface area contributed by atoms with Crippen molar-refractivity contribution in [1.29, 1.82) is 0 Å². The quantitative estimate of drug-likeness (QED) is 0.783. The molecule has 2 aromatic carbocycles. The van der Waals surface area contributed by atoms with Crippen LogP contribution in [0.25, 0.3) is 0 Å². The zero-order valence-electron chi connectivity index (χ0n) is 15.5. The van der Waals surface area contributed by atoms with E-state index in [0.29, 0.717) is 40.1 Å². The first kappa shape index (κ1) is 18.6. The molecule has 0 saturated heterocycles. The van der Waals surface area contributed by atoms with Crippen LogP contribution in [-0.4, -0.2) is 39.2 Å². The first-order chi connectivity index (χ1) is 13.0. The van der Waals surface area contributed by atoms with Crippen molar-refractivity contribution in [2.45, 2.75) is 18.9 Å². The van der Waals surface area contributed by atoms with Crippen molar-refractivity contribution in [3.63, 3.8) is 0 Å². The Morgan fingerprint density at radius 3 is 2.00 bits per heavy atom. The number of carbonyl (C=O) groups excluding carboxylic acids is 2. The fraction of sp³-hybridized carbons (Fsp3) is 0.300. The third kappa shape index (κ3) is 4.31. The molecule has 0 spiro atoms. The van der Waals surface area contributed by atoms with E-state index >= 15 is 0 Å². The van der Waals surface area contributed by atoms with Crippen molar-refractivity contribution in [2.24, 2.45) is 0 Å². The molecule has 2 N–H and O–H groups in total. The van der Waals surface area contributed by atoms with E-state index in [9.17, 15) is 9.59 Å². The van der Waals surface area contributed by atoms with Crippen molar-refractivity contribution >= 4 is 17.5 Å². The van der Waals surface area contributed by atoms with Gasteiger partial charge in [-0.3, -0.25) is 9.59 Å². The van der Waals surface area contributed by atoms with Gasteiger partial charge in [-0.2, -0.15) is 0 Å². The van der Waals surface area contributed by atoms with Crippen LogP contribution >= 0.6 is 0 Å². The van der Waals surface area contributed by atoms with Crippen molar-refractivity contribution in [3.05, 3.63) is 47.5 Å². The lowest BCUT2D eigenvalue weighted by Gasteiger charge is -2.14. The molecule has 0 unspecified atom stereocenters. The largest absolute Gasteiger partial charge is 0.496 e. The summed E-state index contributed by atoms with van der Waals surface area (Å²) in [5.41, 5.74) is 1.44. The Hall–Kier alpha value is -3.22. The maximum Gasteiger partial charge on any atom is 0.259 e. The van der Waals surface area contributed by atoms with E-state index in [0.717, 1.165) is 12.8 Å². The number of amides is 2. The van der Waals surface area contributed by atoms with E-state index in [2.05, 4.69) is 10.6 Å². The summed E-state index contributed by atoms with van der Waals surface area (Å²) < 4.78 is 15.8. The van der Waals surface area contributed by atoms with Crippen molar-refractivity contribution in [1.82, 2.24) is 5.32 Å². The summed E-state index contributed by atoms with van der Waals surface area (Å²) in [6.07, 6.45) is 2.07. The Balaban J connectivity index is 1.75. The van der Waals surface area contributed by atoms with Gasteiger partial charge in [0.25, 0.3) is 11.8 Å². The molecule has 3 rings (SSSR count). The lowest BCUT2D eigenvalue weighted by molar-refractivity contribution is 0.0950. The third-order valence-corrected chi connectivity index (χ3v) is 4.27. The minimum absolute atomic E-state index is 0.100. The number of hydrogen-bond acceptors (Lipinski definition) is 5. The Labute approximate surface area is 157 Å². The highest BCUT2D eigenvalue weighted by molar-refractivity contribution is 6.07. The lowest BCUT2D eigenvalue weighted by Crippen LogP contribution is -2.25. The van der Waals surface area contributed by atoms with E-state index in [1.807, 2.05) is 0 Å². The molecule has 27 heavy (non-hydrogen) atoms. The minimum atomic E-state index is -0.358. The average molecular weight is 370 g/mol. The normalized spacial score (nSPS) is 12.9. The van der Waals surface area contributed by atoms with Gasteiger partial charge in [0.05, 0.1) is 26.9 Å². The van der Waals surface area contributed by atoms with E-state index in [1.165, 1.54) is 21.3 Å². The number of benzene rings is 2. The van der Waals surface area contributed by atoms with Gasteiger partial charge in [0.1, 0.15) is 5.75 Å². The van der Waals surface area contributed by atoms with E-state index in [-0.39, 0.29) is 11.8 Å². The fourth-order valence-electron chi connectivity index (χ4n) is 2.61. The molecule has 1 aliphatic rings. The van der Waals surface area contributed by atoms with Crippen LogP contribution in [0.5, 0.6) is 17.2 Å². The van der Waals surface area contributed by atoms with Gasteiger partial charge in [0.15, 0.2) is 11.5 Å². The van der Waals surface area contributed by atoms with Gasteiger partial charge in [0.2, 0.25) is 0 Å². The van der Waals surface area contributed by atoms with Crippen LogP contribution in [-0.2, 0) is 0 Å². The number of nitrogens with one attached hydrogen (secondary N) is 2. The average Bonchev–Trinajstić information content (AvgIpc) is 3.51. The minimum Gasteiger partial charge on any atom is -0.496 e. The first-order valence-electron chi connectivity index (χ1n) is 8.58. The topological polar surface area (TPSA) is 85.9 Å². The summed E-state index contributed by atoms with van der Waals surface area (Å²) in [5.74, 6) is 0.804. The van der Waals surface area contributed by atoms with Crippen LogP contribution in [0.4, 0.5) is 5.69 Å². The molecule has 142 valence electrons. The smallest absolute Gasteiger partial charge is 0.259 e. The molecule has 0 aliphatic heterocycles. The molecule has 0 radical (unpaired) electrons. The number of methoxy groups -OCH3 is 3. The molecule has 2 amide bonds. The molecule has 1 aliphatic carbocycles. The molecule has 0 heterocycles. The summed E-state index contributed by atoms with van der Waals surface area (Å²) in [7, 11) is 4.49. The molecular weight excluding hydrogens is 348 g/mol. The van der Waals surface area contributed by atoms with Crippen molar-refractivity contribution < 1.29 is 23.8 Å². The van der Waals surface area contributed by atoms with Gasteiger partial charge in [-0.25, -0.2) is 0 Å². The van der Waals surface area contributed by atoms with Crippen LogP contribution in [0.15, 0.2) is 36.4 Å². The van der Waals surface area contributed by atoms with Crippen LogP contribution in [0.1, 0.15) is 33.6 Å². The Kier molecular flexibility index (Phi) is 5.49. The summed E-state index contributed by atoms with van der Waals surface area (Å²) in [6, 6.07) is 10.2. The van der Waals surface area contributed by atoms with Crippen LogP contribution < -0.4 is 24.8 Å². The van der Waals surface area contributed by atoms with Gasteiger partial charge in [0, 0.05) is 29.4 Å². The number of ether oxygens (including phenoxy) is 3. The molecule has 1 fully saturated rings. The number of anilines is 1. The zero-order chi connectivity index (χ0) is 19.4. The van der Waals surface area contributed by atoms with E-state index in [4.69, 9.17) is 14.2 Å². The fourth-order valence-corrected chi connectivity index (χ4v) is 2.61. The van der Waals surface area contributed by atoms with E-state index in [1.54, 1.807) is 36.4 Å². The first-order valence-corrected chi connectivity index (χ1v) is 8.58. The SMILES string of the molecule is COc1cc(OC)c(C(=O)Nc2ccc(C(=O)NC3CC3)cc2)cc1OC. The molecule has 7 heteroatoms. The van der Waals surface area contributed by atoms with Gasteiger partial charge < -0.3 is 24.8 Å². The predicted molar refractivity (Wildman–Crippen MR) is 101 cm³/mol. The second-order valence-electron chi connectivity index (χ2n) is 6.19. The predicted octanol–water partition coefficient (Wildman–Crippen LogP) is 2.86. The second kappa shape index (κ2) is 7.99. The van der Waals surface area contributed by atoms with Crippen molar-refractivity contribution in [2.75, 3.05) is 26.6 Å². The van der Waals surface area contributed by atoms with Crippen LogP contribution in [0.3, 0.4) is 0 Å². The standard InChI is InChI=1S/C20H22N2O5/c1-25-16-11-18(27-3)17(26-2)10-15(16)20(24)22-13-6-4-12(5-7-13)19(23)21-14-8-9-14/h4-7,10-11,14H,8-9H2,1-3H3,(H,21,23)(H,22,24). The molecule has 0 atom stereocenters. The summed E-state index contributed by atoms with van der Waals surface area (Å²) in [5, 5.41) is 5.72. The van der Waals surface area contributed by atoms with E-state index < -0.39 is 0 Å². The van der Waals surface area contributed by atoms with Crippen LogP contribution in [0, 0.1) is 0 Å². The maximum absolute atomic E-state index is 12.7. The summed E-state index contributed by atoms with van der Waals surface area (Å²) in [4.78, 5) is 24.7. The van der Waals surface area contributed by atoms with Gasteiger partial charge in [-0.05, 0) is 37.1 Å². The molecule has 7 nitrogen and oxygen atoms in total. The number of carbonyl (C=O) groups is 2. The lowest BCUT2D eigenvalue weighted by atomic mass is 10.1. The molecule has 0 bridgehead atoms. The highest BCUT2D eigenvalue weighted by atomic mass is 16.5. The highest BCUT2D eigenvalue weighted by Crippen LogP contribution is 2.35. The van der Waals surface area contributed by atoms with Gasteiger partial charge >= 0.3 is 0 Å². The number of hydrogen-bond donors (Lipinski definition) is 2. The third-order valence-electron chi connectivity index (χ3n) is 4.27. The second-order valence-corrected chi connectivity index (χ2v) is 6.19. The Morgan fingerprint density at radius 2 is 1.44 bits per heavy atom. The number of rotatable bonds is 7.